The molecule has 0 aliphatic carbocycles. The Labute approximate surface area is 82.7 Å². The van der Waals surface area contributed by atoms with Gasteiger partial charge in [-0.05, 0) is 43.5 Å². The van der Waals surface area contributed by atoms with Gasteiger partial charge < -0.3 is 5.73 Å². The van der Waals surface area contributed by atoms with Crippen LogP contribution in [0.4, 0.5) is 4.39 Å². The average Bonchev–Trinajstić information content (AvgIpc) is 2.12. The number of benzene rings is 1. The van der Waals surface area contributed by atoms with E-state index in [9.17, 15) is 4.39 Å². The maximum Gasteiger partial charge on any atom is 0.142 e. The Bertz CT molecular complexity index is 276. The first-order valence-electron chi connectivity index (χ1n) is 4.38. The molecule has 0 saturated heterocycles. The number of unbranched alkanes of at least 4 members (excludes halogenated alkanes) is 1. The average molecular weight is 202 g/mol. The topological polar surface area (TPSA) is 26.0 Å². The van der Waals surface area contributed by atoms with Crippen LogP contribution in [0.25, 0.3) is 0 Å². The van der Waals surface area contributed by atoms with Crippen molar-refractivity contribution in [1.29, 1.82) is 0 Å². The van der Waals surface area contributed by atoms with Crippen molar-refractivity contribution in [3.8, 4) is 0 Å². The van der Waals surface area contributed by atoms with Crippen LogP contribution >= 0.6 is 11.6 Å². The van der Waals surface area contributed by atoms with Crippen molar-refractivity contribution in [2.75, 3.05) is 6.54 Å². The fourth-order valence-corrected chi connectivity index (χ4v) is 1.29. The fraction of sp³-hybridized carbons (Fsp3) is 0.400. The van der Waals surface area contributed by atoms with E-state index in [-0.39, 0.29) is 10.8 Å². The fourth-order valence-electron chi connectivity index (χ4n) is 1.17. The molecule has 1 rings (SSSR count). The Kier molecular flexibility index (Phi) is 4.19. The zero-order valence-corrected chi connectivity index (χ0v) is 8.15. The molecule has 0 radical (unpaired) electrons. The number of halogens is 2. The lowest BCUT2D eigenvalue weighted by Crippen LogP contribution is -1.99. The van der Waals surface area contributed by atoms with Crippen molar-refractivity contribution in [3.63, 3.8) is 0 Å². The molecule has 72 valence electrons. The minimum atomic E-state index is -0.341. The molecule has 1 aromatic carbocycles. The van der Waals surface area contributed by atoms with E-state index < -0.39 is 0 Å². The van der Waals surface area contributed by atoms with Crippen LogP contribution in [-0.4, -0.2) is 6.54 Å². The highest BCUT2D eigenvalue weighted by molar-refractivity contribution is 6.30. The van der Waals surface area contributed by atoms with Crippen LogP contribution in [0.2, 0.25) is 5.02 Å². The van der Waals surface area contributed by atoms with Gasteiger partial charge >= 0.3 is 0 Å². The first-order chi connectivity index (χ1) is 6.24. The van der Waals surface area contributed by atoms with Crippen LogP contribution in [0.1, 0.15) is 18.4 Å². The third-order valence-electron chi connectivity index (χ3n) is 1.90. The summed E-state index contributed by atoms with van der Waals surface area (Å²) < 4.78 is 12.9. The quantitative estimate of drug-likeness (QED) is 0.745. The summed E-state index contributed by atoms with van der Waals surface area (Å²) in [4.78, 5) is 0. The molecule has 0 aliphatic heterocycles. The summed E-state index contributed by atoms with van der Waals surface area (Å²) in [6.07, 6.45) is 2.84. The normalized spacial score (nSPS) is 10.4. The van der Waals surface area contributed by atoms with Gasteiger partial charge in [0.15, 0.2) is 0 Å². The van der Waals surface area contributed by atoms with Crippen molar-refractivity contribution in [1.82, 2.24) is 0 Å². The second kappa shape index (κ2) is 5.20. The number of nitrogens with two attached hydrogens (primary N) is 1. The van der Waals surface area contributed by atoms with Crippen molar-refractivity contribution in [3.05, 3.63) is 34.6 Å². The van der Waals surface area contributed by atoms with Gasteiger partial charge in [0.05, 0.1) is 5.02 Å². The molecule has 0 bridgehead atoms. The van der Waals surface area contributed by atoms with Crippen molar-refractivity contribution in [2.45, 2.75) is 19.3 Å². The molecular weight excluding hydrogens is 189 g/mol. The molecule has 0 aliphatic rings. The zero-order chi connectivity index (χ0) is 9.68. The monoisotopic (exact) mass is 201 g/mol. The Morgan fingerprint density at radius 3 is 2.69 bits per heavy atom. The summed E-state index contributed by atoms with van der Waals surface area (Å²) in [7, 11) is 0. The summed E-state index contributed by atoms with van der Waals surface area (Å²) in [5.74, 6) is -0.341. The van der Waals surface area contributed by atoms with E-state index in [0.29, 0.717) is 6.54 Å². The molecule has 0 saturated carbocycles. The van der Waals surface area contributed by atoms with Crippen LogP contribution in [0.15, 0.2) is 18.2 Å². The first kappa shape index (κ1) is 10.5. The van der Waals surface area contributed by atoms with Gasteiger partial charge in [0.2, 0.25) is 0 Å². The summed E-state index contributed by atoms with van der Waals surface area (Å²) in [5.41, 5.74) is 6.33. The SMILES string of the molecule is NCCCCc1ccc(Cl)c(F)c1. The predicted octanol–water partition coefficient (Wildman–Crippen LogP) is 2.76. The lowest BCUT2D eigenvalue weighted by molar-refractivity contribution is 0.624. The molecule has 1 aromatic rings. The lowest BCUT2D eigenvalue weighted by atomic mass is 10.1. The highest BCUT2D eigenvalue weighted by Crippen LogP contribution is 2.16. The standard InChI is InChI=1S/C10H13ClFN/c11-9-5-4-8(7-10(9)12)3-1-2-6-13/h4-5,7H,1-3,6,13H2. The third-order valence-corrected chi connectivity index (χ3v) is 2.21. The smallest absolute Gasteiger partial charge is 0.142 e. The van der Waals surface area contributed by atoms with Gasteiger partial charge in [-0.3, -0.25) is 0 Å². The Morgan fingerprint density at radius 1 is 1.31 bits per heavy atom. The van der Waals surface area contributed by atoms with E-state index in [2.05, 4.69) is 0 Å². The molecule has 0 heterocycles. The van der Waals surface area contributed by atoms with Gasteiger partial charge in [-0.25, -0.2) is 4.39 Å². The van der Waals surface area contributed by atoms with Gasteiger partial charge in [-0.2, -0.15) is 0 Å². The second-order valence-electron chi connectivity index (χ2n) is 2.99. The predicted molar refractivity (Wildman–Crippen MR) is 53.4 cm³/mol. The molecule has 2 N–H and O–H groups in total. The molecule has 13 heavy (non-hydrogen) atoms. The largest absolute Gasteiger partial charge is 0.330 e. The van der Waals surface area contributed by atoms with Crippen LogP contribution in [0.5, 0.6) is 0 Å². The van der Waals surface area contributed by atoms with Crippen LogP contribution in [0, 0.1) is 5.82 Å². The van der Waals surface area contributed by atoms with Crippen molar-refractivity contribution < 1.29 is 4.39 Å². The molecule has 0 spiro atoms. The summed E-state index contributed by atoms with van der Waals surface area (Å²) in [5, 5.41) is 0.183. The van der Waals surface area contributed by atoms with Crippen LogP contribution in [-0.2, 0) is 6.42 Å². The third kappa shape index (κ3) is 3.33. The highest BCUT2D eigenvalue weighted by atomic mass is 35.5. The van der Waals surface area contributed by atoms with Crippen LogP contribution < -0.4 is 5.73 Å². The van der Waals surface area contributed by atoms with Gasteiger partial charge in [-0.15, -0.1) is 0 Å². The number of hydrogen-bond donors (Lipinski definition) is 1. The van der Waals surface area contributed by atoms with E-state index in [1.807, 2.05) is 6.07 Å². The molecule has 0 aromatic heterocycles. The van der Waals surface area contributed by atoms with Gasteiger partial charge in [0.25, 0.3) is 0 Å². The molecule has 0 atom stereocenters. The summed E-state index contributed by atoms with van der Waals surface area (Å²) in [6.45, 7) is 0.691. The summed E-state index contributed by atoms with van der Waals surface area (Å²) in [6, 6.07) is 4.93. The van der Waals surface area contributed by atoms with E-state index in [1.54, 1.807) is 6.07 Å². The van der Waals surface area contributed by atoms with E-state index in [0.717, 1.165) is 24.8 Å². The minimum Gasteiger partial charge on any atom is -0.330 e. The Balaban J connectivity index is 2.53. The minimum absolute atomic E-state index is 0.183. The van der Waals surface area contributed by atoms with Gasteiger partial charge in [0.1, 0.15) is 5.82 Å². The molecule has 0 fully saturated rings. The maximum atomic E-state index is 12.9. The molecule has 0 unspecified atom stereocenters. The van der Waals surface area contributed by atoms with Gasteiger partial charge in [0, 0.05) is 0 Å². The Hall–Kier alpha value is -0.600. The number of aryl methyl sites for hydroxylation is 1. The molecule has 0 amide bonds. The van der Waals surface area contributed by atoms with Crippen LogP contribution in [0.3, 0.4) is 0 Å². The zero-order valence-electron chi connectivity index (χ0n) is 7.39. The van der Waals surface area contributed by atoms with Gasteiger partial charge in [-0.1, -0.05) is 17.7 Å². The second-order valence-corrected chi connectivity index (χ2v) is 3.40. The molecule has 3 heteroatoms. The molecular formula is C10H13ClFN. The van der Waals surface area contributed by atoms with E-state index >= 15 is 0 Å². The lowest BCUT2D eigenvalue weighted by Gasteiger charge is -2.01. The maximum absolute atomic E-state index is 12.9. The first-order valence-corrected chi connectivity index (χ1v) is 4.76. The highest BCUT2D eigenvalue weighted by Gasteiger charge is 2.00. The van der Waals surface area contributed by atoms with E-state index in [1.165, 1.54) is 6.07 Å². The number of hydrogen-bond acceptors (Lipinski definition) is 1. The molecule has 1 nitrogen and oxygen atoms in total. The van der Waals surface area contributed by atoms with E-state index in [4.69, 9.17) is 17.3 Å². The number of rotatable bonds is 4. The van der Waals surface area contributed by atoms with Crippen molar-refractivity contribution >= 4 is 11.6 Å². The van der Waals surface area contributed by atoms with Crippen molar-refractivity contribution in [2.24, 2.45) is 5.73 Å². The Morgan fingerprint density at radius 2 is 2.08 bits per heavy atom. The summed E-state index contributed by atoms with van der Waals surface area (Å²) >= 11 is 5.55.